The van der Waals surface area contributed by atoms with Gasteiger partial charge in [0.15, 0.2) is 0 Å². The lowest BCUT2D eigenvalue weighted by Gasteiger charge is -2.11. The van der Waals surface area contributed by atoms with Crippen LogP contribution in [0.3, 0.4) is 0 Å². The van der Waals surface area contributed by atoms with Crippen LogP contribution in [0.5, 0.6) is 0 Å². The Morgan fingerprint density at radius 3 is 2.12 bits per heavy atom. The zero-order chi connectivity index (χ0) is 19.3. The Labute approximate surface area is 163 Å². The second-order valence-corrected chi connectivity index (χ2v) is 7.25. The highest BCUT2D eigenvalue weighted by Crippen LogP contribution is 2.08. The quantitative estimate of drug-likeness (QED) is 0.214. The fourth-order valence-electron chi connectivity index (χ4n) is 2.84. The Hall–Kier alpha value is -1.31. The molecule has 0 radical (unpaired) electrons. The highest BCUT2D eigenvalue weighted by atomic mass is 16.1. The summed E-state index contributed by atoms with van der Waals surface area (Å²) < 4.78 is 0. The third kappa shape index (κ3) is 19.0. The first-order valence-electron chi connectivity index (χ1n) is 10.9. The van der Waals surface area contributed by atoms with Gasteiger partial charge < -0.3 is 5.32 Å². The van der Waals surface area contributed by atoms with E-state index >= 15 is 0 Å². The van der Waals surface area contributed by atoms with E-state index in [0.29, 0.717) is 6.42 Å². The molecule has 0 aliphatic rings. The monoisotopic (exact) mass is 361 g/mol. The third-order valence-corrected chi connectivity index (χ3v) is 4.49. The van der Waals surface area contributed by atoms with Gasteiger partial charge in [-0.3, -0.25) is 4.79 Å². The maximum atomic E-state index is 11.8. The van der Waals surface area contributed by atoms with Gasteiger partial charge in [0.1, 0.15) is 0 Å². The summed E-state index contributed by atoms with van der Waals surface area (Å²) in [5, 5.41) is 3.06. The van der Waals surface area contributed by atoms with E-state index in [1.54, 1.807) is 0 Å². The fourth-order valence-corrected chi connectivity index (χ4v) is 2.84. The van der Waals surface area contributed by atoms with Gasteiger partial charge in [-0.05, 0) is 58.8 Å². The van der Waals surface area contributed by atoms with Crippen LogP contribution in [0.15, 0.2) is 36.5 Å². The molecule has 0 aliphatic heterocycles. The Morgan fingerprint density at radius 2 is 1.46 bits per heavy atom. The van der Waals surface area contributed by atoms with Crippen molar-refractivity contribution >= 4 is 5.91 Å². The molecular weight excluding hydrogens is 318 g/mol. The Balaban J connectivity index is 3.37. The van der Waals surface area contributed by atoms with E-state index in [4.69, 9.17) is 0 Å². The zero-order valence-electron chi connectivity index (χ0n) is 17.6. The van der Waals surface area contributed by atoms with Gasteiger partial charge in [0.25, 0.3) is 0 Å². The van der Waals surface area contributed by atoms with Crippen molar-refractivity contribution in [1.29, 1.82) is 0 Å². The summed E-state index contributed by atoms with van der Waals surface area (Å²) in [7, 11) is 0. The molecule has 1 atom stereocenters. The first-order valence-corrected chi connectivity index (χ1v) is 10.9. The molecule has 150 valence electrons. The molecular formula is C24H43NO. The number of nitrogens with one attached hydrogen (secondary N) is 1. The standard InChI is InChI=1S/C24H43NO/c1-4-6-8-9-10-11-12-13-14-15-16-17-18-19-20-22-24(26)25-23(3)21-7-5-2/h5,7,10-11,13-14,23H,4,6,8-9,12,15-22H2,1-3H3,(H,25,26)/b7-5?,11-10-,14-13-. The topological polar surface area (TPSA) is 29.1 Å². The van der Waals surface area contributed by atoms with Crippen LogP contribution >= 0.6 is 0 Å². The Morgan fingerprint density at radius 1 is 0.846 bits per heavy atom. The molecule has 0 bridgehead atoms. The Kier molecular flexibility index (Phi) is 19.0. The minimum Gasteiger partial charge on any atom is -0.353 e. The molecule has 0 saturated heterocycles. The van der Waals surface area contributed by atoms with Crippen molar-refractivity contribution in [3.8, 4) is 0 Å². The van der Waals surface area contributed by atoms with Crippen LogP contribution in [0, 0.1) is 0 Å². The molecule has 0 aromatic carbocycles. The summed E-state index contributed by atoms with van der Waals surface area (Å²) in [6.07, 6.45) is 28.4. The maximum Gasteiger partial charge on any atom is 0.220 e. The molecule has 0 aromatic rings. The van der Waals surface area contributed by atoms with E-state index in [2.05, 4.69) is 49.5 Å². The molecule has 1 unspecified atom stereocenters. The minimum atomic E-state index is 0.202. The average molecular weight is 362 g/mol. The van der Waals surface area contributed by atoms with Gasteiger partial charge in [-0.1, -0.05) is 75.5 Å². The molecule has 0 aromatic heterocycles. The summed E-state index contributed by atoms with van der Waals surface area (Å²) >= 11 is 0. The number of unbranched alkanes of at least 4 members (excludes halogenated alkanes) is 8. The summed E-state index contributed by atoms with van der Waals surface area (Å²) in [4.78, 5) is 11.8. The molecule has 26 heavy (non-hydrogen) atoms. The van der Waals surface area contributed by atoms with E-state index in [9.17, 15) is 4.79 Å². The third-order valence-electron chi connectivity index (χ3n) is 4.49. The molecule has 0 saturated carbocycles. The van der Waals surface area contributed by atoms with Crippen molar-refractivity contribution < 1.29 is 4.79 Å². The molecule has 0 rings (SSSR count). The number of hydrogen-bond donors (Lipinski definition) is 1. The van der Waals surface area contributed by atoms with Crippen LogP contribution in [0.1, 0.15) is 104 Å². The molecule has 0 fully saturated rings. The molecule has 2 heteroatoms. The van der Waals surface area contributed by atoms with E-state index in [-0.39, 0.29) is 11.9 Å². The van der Waals surface area contributed by atoms with Crippen LogP contribution in [0.25, 0.3) is 0 Å². The Bertz CT molecular complexity index is 395. The van der Waals surface area contributed by atoms with Crippen molar-refractivity contribution in [2.45, 2.75) is 110 Å². The van der Waals surface area contributed by atoms with Gasteiger partial charge in [-0.15, -0.1) is 0 Å². The van der Waals surface area contributed by atoms with E-state index < -0.39 is 0 Å². The van der Waals surface area contributed by atoms with Gasteiger partial charge in [0.05, 0.1) is 0 Å². The van der Waals surface area contributed by atoms with Crippen LogP contribution in [-0.2, 0) is 4.79 Å². The SMILES string of the molecule is CC=CCC(C)NC(=O)CCCCCCC/C=C\C/C=C\CCCCC. The lowest BCUT2D eigenvalue weighted by molar-refractivity contribution is -0.121. The number of allylic oxidation sites excluding steroid dienone is 5. The van der Waals surface area contributed by atoms with Crippen molar-refractivity contribution in [1.82, 2.24) is 5.32 Å². The molecule has 0 spiro atoms. The lowest BCUT2D eigenvalue weighted by atomic mass is 10.1. The second-order valence-electron chi connectivity index (χ2n) is 7.25. The average Bonchev–Trinajstić information content (AvgIpc) is 2.63. The number of carbonyl (C=O) groups excluding carboxylic acids is 1. The maximum absolute atomic E-state index is 11.8. The largest absolute Gasteiger partial charge is 0.353 e. The van der Waals surface area contributed by atoms with Crippen LogP contribution in [0.4, 0.5) is 0 Å². The smallest absolute Gasteiger partial charge is 0.220 e. The number of rotatable bonds is 17. The normalized spacial score (nSPS) is 13.2. The summed E-state index contributed by atoms with van der Waals surface area (Å²) in [5.41, 5.74) is 0. The van der Waals surface area contributed by atoms with Gasteiger partial charge in [-0.2, -0.15) is 0 Å². The summed E-state index contributed by atoms with van der Waals surface area (Å²) in [6.45, 7) is 6.32. The highest BCUT2D eigenvalue weighted by Gasteiger charge is 2.05. The van der Waals surface area contributed by atoms with Crippen molar-refractivity contribution in [2.75, 3.05) is 0 Å². The van der Waals surface area contributed by atoms with Crippen LogP contribution < -0.4 is 5.32 Å². The summed E-state index contributed by atoms with van der Waals surface area (Å²) in [6, 6.07) is 0.247. The van der Waals surface area contributed by atoms with Gasteiger partial charge >= 0.3 is 0 Å². The van der Waals surface area contributed by atoms with Gasteiger partial charge in [0.2, 0.25) is 5.91 Å². The fraction of sp³-hybridized carbons (Fsp3) is 0.708. The van der Waals surface area contributed by atoms with Crippen molar-refractivity contribution in [3.63, 3.8) is 0 Å². The number of carbonyl (C=O) groups is 1. The zero-order valence-corrected chi connectivity index (χ0v) is 17.6. The van der Waals surface area contributed by atoms with Crippen LogP contribution in [-0.4, -0.2) is 11.9 Å². The predicted molar refractivity (Wildman–Crippen MR) is 116 cm³/mol. The molecule has 1 amide bonds. The van der Waals surface area contributed by atoms with E-state index in [0.717, 1.165) is 19.3 Å². The highest BCUT2D eigenvalue weighted by molar-refractivity contribution is 5.76. The first-order chi connectivity index (χ1) is 12.7. The molecule has 0 heterocycles. The van der Waals surface area contributed by atoms with Crippen molar-refractivity contribution in [2.24, 2.45) is 0 Å². The minimum absolute atomic E-state index is 0.202. The number of amides is 1. The first kappa shape index (κ1) is 24.7. The molecule has 2 nitrogen and oxygen atoms in total. The summed E-state index contributed by atoms with van der Waals surface area (Å²) in [5.74, 6) is 0.202. The van der Waals surface area contributed by atoms with Gasteiger partial charge in [-0.25, -0.2) is 0 Å². The predicted octanol–water partition coefficient (Wildman–Crippen LogP) is 7.27. The van der Waals surface area contributed by atoms with Gasteiger partial charge in [0, 0.05) is 12.5 Å². The second kappa shape index (κ2) is 20.0. The van der Waals surface area contributed by atoms with E-state index in [1.165, 1.54) is 57.8 Å². The molecule has 1 N–H and O–H groups in total. The van der Waals surface area contributed by atoms with Crippen molar-refractivity contribution in [3.05, 3.63) is 36.5 Å². The lowest BCUT2D eigenvalue weighted by Crippen LogP contribution is -2.31. The molecule has 0 aliphatic carbocycles. The van der Waals surface area contributed by atoms with E-state index in [1.807, 2.05) is 13.0 Å². The van der Waals surface area contributed by atoms with Crippen LogP contribution in [0.2, 0.25) is 0 Å². The number of hydrogen-bond acceptors (Lipinski definition) is 1.